The van der Waals surface area contributed by atoms with Crippen LogP contribution in [0.3, 0.4) is 0 Å². The minimum absolute atomic E-state index is 0.576. The van der Waals surface area contributed by atoms with E-state index in [0.717, 1.165) is 6.54 Å². The van der Waals surface area contributed by atoms with Gasteiger partial charge in [-0.2, -0.15) is 0 Å². The molecule has 0 bridgehead atoms. The van der Waals surface area contributed by atoms with E-state index in [1.165, 1.54) is 28.6 Å². The number of nitrogens with one attached hydrogen (secondary N) is 1. The average molecular weight is 297 g/mol. The molecule has 2 atom stereocenters. The molecule has 0 saturated heterocycles. The molecule has 17 heavy (non-hydrogen) atoms. The van der Waals surface area contributed by atoms with Gasteiger partial charge in [0.15, 0.2) is 0 Å². The molecule has 2 unspecified atom stereocenters. The monoisotopic (exact) mass is 296 g/mol. The first-order valence-corrected chi connectivity index (χ1v) is 7.17. The fourth-order valence-corrected chi connectivity index (χ4v) is 3.13. The molecule has 0 saturated carbocycles. The van der Waals surface area contributed by atoms with Crippen molar-refractivity contribution >= 4 is 21.6 Å². The van der Waals surface area contributed by atoms with E-state index in [0.29, 0.717) is 12.1 Å². The van der Waals surface area contributed by atoms with E-state index in [2.05, 4.69) is 58.2 Å². The van der Waals surface area contributed by atoms with Crippen molar-refractivity contribution < 1.29 is 0 Å². The predicted octanol–water partition coefficient (Wildman–Crippen LogP) is 3.20. The molecule has 1 aromatic carbocycles. The van der Waals surface area contributed by atoms with Gasteiger partial charge in [0.25, 0.3) is 0 Å². The Morgan fingerprint density at radius 3 is 2.94 bits per heavy atom. The first-order valence-electron chi connectivity index (χ1n) is 6.38. The summed E-state index contributed by atoms with van der Waals surface area (Å²) in [4.78, 5) is 2.54. The molecule has 94 valence electrons. The van der Waals surface area contributed by atoms with Gasteiger partial charge in [-0.3, -0.25) is 0 Å². The van der Waals surface area contributed by atoms with E-state index < -0.39 is 0 Å². The molecule has 1 aromatic rings. The smallest absolute Gasteiger partial charge is 0.0402 e. The maximum absolute atomic E-state index is 3.56. The van der Waals surface area contributed by atoms with Gasteiger partial charge in [-0.25, -0.2) is 0 Å². The highest BCUT2D eigenvalue weighted by atomic mass is 79.9. The van der Waals surface area contributed by atoms with Crippen molar-refractivity contribution in [3.63, 3.8) is 0 Å². The second kappa shape index (κ2) is 5.40. The molecule has 0 aromatic heterocycles. The summed E-state index contributed by atoms with van der Waals surface area (Å²) in [5.41, 5.74) is 2.90. The zero-order valence-corrected chi connectivity index (χ0v) is 12.4. The summed E-state index contributed by atoms with van der Waals surface area (Å²) in [6, 6.07) is 7.87. The van der Waals surface area contributed by atoms with Gasteiger partial charge in [-0.1, -0.05) is 15.9 Å². The molecule has 0 spiro atoms. The van der Waals surface area contributed by atoms with Crippen molar-refractivity contribution in [2.45, 2.75) is 38.8 Å². The first kappa shape index (κ1) is 12.9. The first-order chi connectivity index (χ1) is 8.15. The number of likely N-dealkylation sites (N-methyl/N-ethyl adjacent to an activating group) is 1. The fraction of sp³-hybridized carbons (Fsp3) is 0.571. The molecule has 1 N–H and O–H groups in total. The molecule has 3 heteroatoms. The van der Waals surface area contributed by atoms with Gasteiger partial charge in [0.2, 0.25) is 0 Å². The Morgan fingerprint density at radius 1 is 1.53 bits per heavy atom. The van der Waals surface area contributed by atoms with Crippen LogP contribution in [0.2, 0.25) is 0 Å². The predicted molar refractivity (Wildman–Crippen MR) is 77.8 cm³/mol. The number of nitrogens with zero attached hydrogens (tertiary/aromatic N) is 1. The minimum atomic E-state index is 0.576. The van der Waals surface area contributed by atoms with Crippen LogP contribution in [0, 0.1) is 0 Å². The molecular formula is C14H21BrN2. The van der Waals surface area contributed by atoms with Gasteiger partial charge >= 0.3 is 0 Å². The minimum Gasteiger partial charge on any atom is -0.368 e. The zero-order valence-electron chi connectivity index (χ0n) is 10.8. The zero-order chi connectivity index (χ0) is 12.4. The van der Waals surface area contributed by atoms with Crippen LogP contribution < -0.4 is 10.2 Å². The van der Waals surface area contributed by atoms with Crippen LogP contribution >= 0.6 is 15.9 Å². The summed E-state index contributed by atoms with van der Waals surface area (Å²) in [6.45, 7) is 5.59. The van der Waals surface area contributed by atoms with Gasteiger partial charge in [-0.05, 0) is 57.5 Å². The van der Waals surface area contributed by atoms with E-state index in [-0.39, 0.29) is 0 Å². The summed E-state index contributed by atoms with van der Waals surface area (Å²) in [5.74, 6) is 0. The summed E-state index contributed by atoms with van der Waals surface area (Å²) in [5, 5.41) is 3.34. The SMILES string of the molecule is CCN1c2ccc(Br)cc2CC1CC(C)NC. The number of anilines is 1. The average Bonchev–Trinajstić information content (AvgIpc) is 2.64. The van der Waals surface area contributed by atoms with Crippen LogP contribution in [0.1, 0.15) is 25.8 Å². The van der Waals surface area contributed by atoms with E-state index in [4.69, 9.17) is 0 Å². The van der Waals surface area contributed by atoms with Crippen LogP contribution in [-0.2, 0) is 6.42 Å². The summed E-state index contributed by atoms with van der Waals surface area (Å²) in [7, 11) is 2.04. The highest BCUT2D eigenvalue weighted by Crippen LogP contribution is 2.35. The highest BCUT2D eigenvalue weighted by molar-refractivity contribution is 9.10. The summed E-state index contributed by atoms with van der Waals surface area (Å²) >= 11 is 3.56. The molecule has 0 amide bonds. The van der Waals surface area contributed by atoms with Crippen molar-refractivity contribution in [1.29, 1.82) is 0 Å². The third-order valence-corrected chi connectivity index (χ3v) is 4.20. The second-order valence-electron chi connectivity index (χ2n) is 4.84. The molecule has 1 heterocycles. The lowest BCUT2D eigenvalue weighted by Crippen LogP contribution is -2.37. The molecular weight excluding hydrogens is 276 g/mol. The highest BCUT2D eigenvalue weighted by Gasteiger charge is 2.28. The van der Waals surface area contributed by atoms with Crippen LogP contribution in [0.15, 0.2) is 22.7 Å². The normalized spacial score (nSPS) is 20.5. The topological polar surface area (TPSA) is 15.3 Å². The molecule has 0 fully saturated rings. The maximum Gasteiger partial charge on any atom is 0.0402 e. The Labute approximate surface area is 113 Å². The molecule has 0 radical (unpaired) electrons. The van der Waals surface area contributed by atoms with Crippen LogP contribution in [-0.4, -0.2) is 25.7 Å². The summed E-state index contributed by atoms with van der Waals surface area (Å²) < 4.78 is 1.19. The molecule has 0 aliphatic carbocycles. The van der Waals surface area contributed by atoms with E-state index in [1.807, 2.05) is 7.05 Å². The van der Waals surface area contributed by atoms with Gasteiger partial charge in [-0.15, -0.1) is 0 Å². The van der Waals surface area contributed by atoms with Crippen molar-refractivity contribution in [2.24, 2.45) is 0 Å². The Hall–Kier alpha value is -0.540. The number of fused-ring (bicyclic) bond motifs is 1. The fourth-order valence-electron chi connectivity index (χ4n) is 2.72. The van der Waals surface area contributed by atoms with E-state index in [9.17, 15) is 0 Å². The van der Waals surface area contributed by atoms with Gasteiger partial charge in [0, 0.05) is 28.8 Å². The summed E-state index contributed by atoms with van der Waals surface area (Å²) in [6.07, 6.45) is 2.38. The van der Waals surface area contributed by atoms with Crippen molar-refractivity contribution in [2.75, 3.05) is 18.5 Å². The number of hydrogen-bond acceptors (Lipinski definition) is 2. The van der Waals surface area contributed by atoms with Crippen molar-refractivity contribution in [1.82, 2.24) is 5.32 Å². The Morgan fingerprint density at radius 2 is 2.29 bits per heavy atom. The van der Waals surface area contributed by atoms with Gasteiger partial charge in [0.1, 0.15) is 0 Å². The van der Waals surface area contributed by atoms with Gasteiger partial charge in [0.05, 0.1) is 0 Å². The third-order valence-electron chi connectivity index (χ3n) is 3.71. The lowest BCUT2D eigenvalue weighted by Gasteiger charge is -2.28. The Kier molecular flexibility index (Phi) is 4.10. The molecule has 2 rings (SSSR count). The number of rotatable bonds is 4. The maximum atomic E-state index is 3.56. The lowest BCUT2D eigenvalue weighted by atomic mass is 10.0. The molecule has 1 aliphatic rings. The quantitative estimate of drug-likeness (QED) is 0.918. The largest absolute Gasteiger partial charge is 0.368 e. The van der Waals surface area contributed by atoms with Crippen LogP contribution in [0.4, 0.5) is 5.69 Å². The Balaban J connectivity index is 2.19. The molecule has 1 aliphatic heterocycles. The Bertz CT molecular complexity index is 392. The van der Waals surface area contributed by atoms with Crippen molar-refractivity contribution in [3.05, 3.63) is 28.2 Å². The number of halogens is 1. The number of benzene rings is 1. The van der Waals surface area contributed by atoms with Gasteiger partial charge < -0.3 is 10.2 Å². The van der Waals surface area contributed by atoms with Crippen molar-refractivity contribution in [3.8, 4) is 0 Å². The second-order valence-corrected chi connectivity index (χ2v) is 5.76. The standard InChI is InChI=1S/C14H21BrN2/c1-4-17-13(7-10(2)16-3)9-11-8-12(15)5-6-14(11)17/h5-6,8,10,13,16H,4,7,9H2,1-3H3. The number of hydrogen-bond donors (Lipinski definition) is 1. The lowest BCUT2D eigenvalue weighted by molar-refractivity contribution is 0.481. The van der Waals surface area contributed by atoms with Crippen LogP contribution in [0.5, 0.6) is 0 Å². The molecule has 2 nitrogen and oxygen atoms in total. The van der Waals surface area contributed by atoms with Crippen LogP contribution in [0.25, 0.3) is 0 Å². The third kappa shape index (κ3) is 2.66. The van der Waals surface area contributed by atoms with E-state index in [1.54, 1.807) is 0 Å². The van der Waals surface area contributed by atoms with E-state index >= 15 is 0 Å².